The van der Waals surface area contributed by atoms with Gasteiger partial charge in [-0.15, -0.1) is 0 Å². The fourth-order valence-corrected chi connectivity index (χ4v) is 5.73. The first-order chi connectivity index (χ1) is 16.8. The zero-order chi connectivity index (χ0) is 25.2. The Hall–Kier alpha value is -3.65. The van der Waals surface area contributed by atoms with Crippen LogP contribution >= 0.6 is 0 Å². The Morgan fingerprint density at radius 3 is 2.40 bits per heavy atom. The fraction of sp³-hybridized carbons (Fsp3) is 0.259. The van der Waals surface area contributed by atoms with Crippen molar-refractivity contribution in [2.75, 3.05) is 16.2 Å². The summed E-state index contributed by atoms with van der Waals surface area (Å²) >= 11 is 0. The normalized spacial score (nSPS) is 14.4. The number of carbonyl (C=O) groups is 2. The van der Waals surface area contributed by atoms with E-state index in [2.05, 4.69) is 10.6 Å². The van der Waals surface area contributed by atoms with Crippen molar-refractivity contribution in [2.24, 2.45) is 0 Å². The van der Waals surface area contributed by atoms with Crippen LogP contribution in [0.5, 0.6) is 0 Å². The molecule has 2 amide bonds. The molecule has 0 saturated heterocycles. The van der Waals surface area contributed by atoms with Crippen LogP contribution in [0.25, 0.3) is 11.1 Å². The molecular weight excluding hydrogens is 462 g/mol. The number of hydrogen-bond donors (Lipinski definition) is 2. The highest BCUT2D eigenvalue weighted by Crippen LogP contribution is 2.43. The predicted molar refractivity (Wildman–Crippen MR) is 138 cm³/mol. The van der Waals surface area contributed by atoms with E-state index in [4.69, 9.17) is 0 Å². The first-order valence-corrected chi connectivity index (χ1v) is 13.1. The lowest BCUT2D eigenvalue weighted by Crippen LogP contribution is -2.40. The number of rotatable bonds is 7. The maximum Gasteiger partial charge on any atom is 0.265 e. The summed E-state index contributed by atoms with van der Waals surface area (Å²) in [5.74, 6) is -0.838. The highest BCUT2D eigenvalue weighted by Gasteiger charge is 2.36. The summed E-state index contributed by atoms with van der Waals surface area (Å²) in [6.07, 6.45) is 1.58. The molecule has 8 heteroatoms. The molecule has 0 saturated carbocycles. The van der Waals surface area contributed by atoms with Crippen molar-refractivity contribution in [2.45, 2.75) is 44.6 Å². The summed E-state index contributed by atoms with van der Waals surface area (Å²) in [5.41, 5.74) is 3.58. The molecule has 0 radical (unpaired) electrons. The molecule has 4 rings (SSSR count). The molecule has 3 aromatic carbocycles. The highest BCUT2D eigenvalue weighted by molar-refractivity contribution is 7.93. The standard InChI is InChI=1S/C27H29N3O4S/c1-4-18(3)28-27(32)21-11-6-8-12-23(21)29-26(31)17-30-24-15-14-19(5-2)16-22(24)20-10-7-9-13-25(20)35(30,33)34/h6-16,18H,4-5,17H2,1-3H3,(H,28,32)(H,29,31)/t18-/m0/s1. The Bertz CT molecular complexity index is 1380. The van der Waals surface area contributed by atoms with Gasteiger partial charge in [-0.3, -0.25) is 13.9 Å². The first kappa shape index (κ1) is 24.5. The van der Waals surface area contributed by atoms with Crippen LogP contribution in [0.4, 0.5) is 11.4 Å². The summed E-state index contributed by atoms with van der Waals surface area (Å²) in [6, 6.07) is 19.1. The Labute approximate surface area is 206 Å². The largest absolute Gasteiger partial charge is 0.350 e. The van der Waals surface area contributed by atoms with Crippen molar-refractivity contribution in [1.29, 1.82) is 0 Å². The molecule has 0 bridgehead atoms. The molecule has 0 spiro atoms. The van der Waals surface area contributed by atoms with Gasteiger partial charge in [0.05, 0.1) is 21.8 Å². The SMILES string of the molecule is CCc1ccc2c(c1)-c1ccccc1S(=O)(=O)N2CC(=O)Nc1ccccc1C(=O)N[C@@H](C)CC. The molecule has 0 fully saturated rings. The van der Waals surface area contributed by atoms with Gasteiger partial charge in [0.25, 0.3) is 15.9 Å². The van der Waals surface area contributed by atoms with Crippen molar-refractivity contribution < 1.29 is 18.0 Å². The van der Waals surface area contributed by atoms with E-state index >= 15 is 0 Å². The van der Waals surface area contributed by atoms with Crippen LogP contribution in [-0.4, -0.2) is 32.8 Å². The lowest BCUT2D eigenvalue weighted by atomic mass is 9.99. The molecule has 0 aliphatic carbocycles. The number of anilines is 2. The predicted octanol–water partition coefficient (Wildman–Crippen LogP) is 4.59. The van der Waals surface area contributed by atoms with Crippen molar-refractivity contribution >= 4 is 33.2 Å². The minimum Gasteiger partial charge on any atom is -0.350 e. The summed E-state index contributed by atoms with van der Waals surface area (Å²) in [4.78, 5) is 26.0. The van der Waals surface area contributed by atoms with Crippen LogP contribution in [0.15, 0.2) is 71.6 Å². The van der Waals surface area contributed by atoms with Crippen molar-refractivity contribution in [3.8, 4) is 11.1 Å². The van der Waals surface area contributed by atoms with E-state index in [0.717, 1.165) is 28.3 Å². The van der Waals surface area contributed by atoms with Crippen LogP contribution in [-0.2, 0) is 21.2 Å². The third-order valence-corrected chi connectivity index (χ3v) is 8.02. The number of carbonyl (C=O) groups excluding carboxylic acids is 2. The molecule has 1 heterocycles. The van der Waals surface area contributed by atoms with E-state index in [0.29, 0.717) is 22.5 Å². The summed E-state index contributed by atoms with van der Waals surface area (Å²) in [6.45, 7) is 5.49. The Morgan fingerprint density at radius 1 is 0.943 bits per heavy atom. The second-order valence-electron chi connectivity index (χ2n) is 8.59. The van der Waals surface area contributed by atoms with E-state index in [1.165, 1.54) is 0 Å². The summed E-state index contributed by atoms with van der Waals surface area (Å²) in [5, 5.41) is 5.63. The van der Waals surface area contributed by atoms with Gasteiger partial charge >= 0.3 is 0 Å². The molecule has 0 unspecified atom stereocenters. The van der Waals surface area contributed by atoms with Gasteiger partial charge in [-0.25, -0.2) is 8.42 Å². The van der Waals surface area contributed by atoms with Gasteiger partial charge in [-0.05, 0) is 55.7 Å². The van der Waals surface area contributed by atoms with Gasteiger partial charge in [0.15, 0.2) is 0 Å². The van der Waals surface area contributed by atoms with Crippen LogP contribution in [0.2, 0.25) is 0 Å². The molecule has 1 aliphatic rings. The number of hydrogen-bond acceptors (Lipinski definition) is 4. The Morgan fingerprint density at radius 2 is 1.66 bits per heavy atom. The van der Waals surface area contributed by atoms with Gasteiger partial charge in [0.1, 0.15) is 6.54 Å². The smallest absolute Gasteiger partial charge is 0.265 e. The van der Waals surface area contributed by atoms with Crippen LogP contribution < -0.4 is 14.9 Å². The molecule has 7 nitrogen and oxygen atoms in total. The monoisotopic (exact) mass is 491 g/mol. The third-order valence-electron chi connectivity index (χ3n) is 6.21. The van der Waals surface area contributed by atoms with Crippen LogP contribution in [0, 0.1) is 0 Å². The Kier molecular flexibility index (Phi) is 6.93. The molecule has 182 valence electrons. The summed E-state index contributed by atoms with van der Waals surface area (Å²) in [7, 11) is -3.96. The third kappa shape index (κ3) is 4.79. The van der Waals surface area contributed by atoms with Gasteiger partial charge in [-0.2, -0.15) is 0 Å². The quantitative estimate of drug-likeness (QED) is 0.505. The number of nitrogens with one attached hydrogen (secondary N) is 2. The number of benzene rings is 3. The van der Waals surface area contributed by atoms with Crippen LogP contribution in [0.1, 0.15) is 43.1 Å². The molecule has 1 atom stereocenters. The zero-order valence-electron chi connectivity index (χ0n) is 20.0. The number of fused-ring (bicyclic) bond motifs is 3. The van der Waals surface area contributed by atoms with Gasteiger partial charge in [0.2, 0.25) is 5.91 Å². The van der Waals surface area contributed by atoms with E-state index in [1.807, 2.05) is 32.9 Å². The van der Waals surface area contributed by atoms with E-state index in [1.54, 1.807) is 54.6 Å². The molecule has 2 N–H and O–H groups in total. The number of para-hydroxylation sites is 1. The average Bonchev–Trinajstić information content (AvgIpc) is 2.86. The number of amides is 2. The van der Waals surface area contributed by atoms with E-state index < -0.39 is 22.5 Å². The minimum atomic E-state index is -3.96. The van der Waals surface area contributed by atoms with Crippen molar-refractivity contribution in [3.05, 3.63) is 77.9 Å². The summed E-state index contributed by atoms with van der Waals surface area (Å²) < 4.78 is 28.2. The number of nitrogens with zero attached hydrogens (tertiary/aromatic N) is 1. The maximum atomic E-state index is 13.5. The molecule has 3 aromatic rings. The molecular formula is C27H29N3O4S. The Balaban J connectivity index is 1.66. The van der Waals surface area contributed by atoms with Crippen LogP contribution in [0.3, 0.4) is 0 Å². The minimum absolute atomic E-state index is 0.0191. The molecule has 0 aromatic heterocycles. The number of aryl methyl sites for hydroxylation is 1. The van der Waals surface area contributed by atoms with Crippen molar-refractivity contribution in [1.82, 2.24) is 5.32 Å². The van der Waals surface area contributed by atoms with E-state index in [-0.39, 0.29) is 16.8 Å². The lowest BCUT2D eigenvalue weighted by molar-refractivity contribution is -0.114. The lowest BCUT2D eigenvalue weighted by Gasteiger charge is -2.32. The van der Waals surface area contributed by atoms with Crippen molar-refractivity contribution in [3.63, 3.8) is 0 Å². The second kappa shape index (κ2) is 9.92. The second-order valence-corrected chi connectivity index (χ2v) is 10.4. The van der Waals surface area contributed by atoms with Gasteiger partial charge in [-0.1, -0.05) is 50.2 Å². The fourth-order valence-electron chi connectivity index (χ4n) is 4.08. The molecule has 1 aliphatic heterocycles. The highest BCUT2D eigenvalue weighted by atomic mass is 32.2. The van der Waals surface area contributed by atoms with Gasteiger partial charge in [0, 0.05) is 17.2 Å². The van der Waals surface area contributed by atoms with E-state index in [9.17, 15) is 18.0 Å². The number of sulfonamides is 1. The average molecular weight is 492 g/mol. The molecule has 35 heavy (non-hydrogen) atoms. The maximum absolute atomic E-state index is 13.5. The van der Waals surface area contributed by atoms with Gasteiger partial charge < -0.3 is 10.6 Å². The zero-order valence-corrected chi connectivity index (χ0v) is 20.9. The topological polar surface area (TPSA) is 95.6 Å². The first-order valence-electron chi connectivity index (χ1n) is 11.7.